The summed E-state index contributed by atoms with van der Waals surface area (Å²) in [6.45, 7) is 13.4. The molecule has 5 nitrogen and oxygen atoms in total. The minimum absolute atomic E-state index is 0.0910. The van der Waals surface area contributed by atoms with Crippen molar-refractivity contribution in [2.75, 3.05) is 13.7 Å². The molecule has 168 valence electrons. The van der Waals surface area contributed by atoms with Crippen molar-refractivity contribution >= 4 is 0 Å². The quantitative estimate of drug-likeness (QED) is 0.657. The van der Waals surface area contributed by atoms with Gasteiger partial charge >= 0.3 is 0 Å². The third-order valence-corrected chi connectivity index (χ3v) is 6.37. The normalized spacial score (nSPS) is 25.6. The number of ether oxygens (including phenoxy) is 3. The van der Waals surface area contributed by atoms with Gasteiger partial charge in [-0.25, -0.2) is 4.98 Å². The third kappa shape index (κ3) is 6.44. The minimum Gasteiger partial charge on any atom is -0.489 e. The molecular formula is C25H39NO4. The highest BCUT2D eigenvalue weighted by molar-refractivity contribution is 5.33. The molecule has 2 aliphatic carbocycles. The first-order valence-corrected chi connectivity index (χ1v) is 11.2. The fourth-order valence-corrected chi connectivity index (χ4v) is 3.09. The Hall–Kier alpha value is -1.61. The molecule has 2 aliphatic rings. The summed E-state index contributed by atoms with van der Waals surface area (Å²) in [5.74, 6) is 7.33. The summed E-state index contributed by atoms with van der Waals surface area (Å²) in [7, 11) is 1.76. The lowest BCUT2D eigenvalue weighted by Gasteiger charge is -2.41. The summed E-state index contributed by atoms with van der Waals surface area (Å²) in [6, 6.07) is 3.78. The Kier molecular flexibility index (Phi) is 8.73. The number of methoxy groups -OCH3 is 1. The first-order chi connectivity index (χ1) is 14.2. The van der Waals surface area contributed by atoms with Crippen LogP contribution in [0.5, 0.6) is 5.75 Å². The van der Waals surface area contributed by atoms with Crippen LogP contribution in [0.1, 0.15) is 72.9 Å². The van der Waals surface area contributed by atoms with Gasteiger partial charge in [-0.1, -0.05) is 33.6 Å². The van der Waals surface area contributed by atoms with Gasteiger partial charge in [-0.05, 0) is 44.7 Å². The zero-order valence-corrected chi connectivity index (χ0v) is 19.7. The van der Waals surface area contributed by atoms with Gasteiger partial charge in [0, 0.05) is 30.8 Å². The molecule has 1 N–H and O–H groups in total. The largest absolute Gasteiger partial charge is 0.489 e. The van der Waals surface area contributed by atoms with E-state index < -0.39 is 0 Å². The minimum atomic E-state index is -0.226. The number of hydrogen-bond donors (Lipinski definition) is 1. The molecule has 1 aromatic rings. The van der Waals surface area contributed by atoms with E-state index in [0.717, 1.165) is 24.3 Å². The van der Waals surface area contributed by atoms with Crippen LogP contribution >= 0.6 is 0 Å². The van der Waals surface area contributed by atoms with Crippen LogP contribution in [0.2, 0.25) is 0 Å². The van der Waals surface area contributed by atoms with E-state index in [2.05, 4.69) is 44.5 Å². The highest BCUT2D eigenvalue weighted by Crippen LogP contribution is 2.39. The Morgan fingerprint density at radius 2 is 1.70 bits per heavy atom. The monoisotopic (exact) mass is 417 g/mol. The van der Waals surface area contributed by atoms with Gasteiger partial charge in [0.1, 0.15) is 17.5 Å². The van der Waals surface area contributed by atoms with E-state index in [9.17, 15) is 5.11 Å². The summed E-state index contributed by atoms with van der Waals surface area (Å²) in [4.78, 5) is 4.40. The molecule has 3 rings (SSSR count). The van der Waals surface area contributed by atoms with Gasteiger partial charge < -0.3 is 19.3 Å². The van der Waals surface area contributed by atoms with Crippen LogP contribution in [0.25, 0.3) is 0 Å². The lowest BCUT2D eigenvalue weighted by atomic mass is 9.69. The van der Waals surface area contributed by atoms with Gasteiger partial charge in [0.15, 0.2) is 0 Å². The van der Waals surface area contributed by atoms with Crippen molar-refractivity contribution in [3.63, 3.8) is 0 Å². The van der Waals surface area contributed by atoms with Gasteiger partial charge in [-0.2, -0.15) is 0 Å². The van der Waals surface area contributed by atoms with E-state index in [0.29, 0.717) is 31.7 Å². The highest BCUT2D eigenvalue weighted by Gasteiger charge is 2.38. The van der Waals surface area contributed by atoms with Gasteiger partial charge in [0.25, 0.3) is 0 Å². The van der Waals surface area contributed by atoms with Crippen LogP contribution in [0.3, 0.4) is 0 Å². The van der Waals surface area contributed by atoms with E-state index in [1.807, 2.05) is 26.0 Å². The van der Waals surface area contributed by atoms with Crippen LogP contribution in [-0.2, 0) is 9.47 Å². The summed E-state index contributed by atoms with van der Waals surface area (Å²) in [6.07, 6.45) is 5.60. The van der Waals surface area contributed by atoms with E-state index in [1.165, 1.54) is 0 Å². The van der Waals surface area contributed by atoms with Crippen molar-refractivity contribution < 1.29 is 19.3 Å². The topological polar surface area (TPSA) is 60.8 Å². The molecular weight excluding hydrogens is 378 g/mol. The number of nitrogens with zero attached hydrogens (tertiary/aromatic N) is 1. The van der Waals surface area contributed by atoms with Gasteiger partial charge in [0.2, 0.25) is 0 Å². The molecule has 0 radical (unpaired) electrons. The van der Waals surface area contributed by atoms with Crippen molar-refractivity contribution in [3.05, 3.63) is 24.0 Å². The average Bonchev–Trinajstić information content (AvgIpc) is 2.66. The second-order valence-corrected chi connectivity index (χ2v) is 9.27. The van der Waals surface area contributed by atoms with Crippen molar-refractivity contribution in [1.29, 1.82) is 0 Å². The van der Waals surface area contributed by atoms with Gasteiger partial charge in [-0.15, -0.1) is 0 Å². The molecule has 1 aromatic heterocycles. The molecule has 0 bridgehead atoms. The molecule has 30 heavy (non-hydrogen) atoms. The first-order valence-electron chi connectivity index (χ1n) is 11.2. The molecule has 1 heterocycles. The third-order valence-electron chi connectivity index (χ3n) is 6.37. The van der Waals surface area contributed by atoms with Crippen molar-refractivity contribution in [2.24, 2.45) is 10.8 Å². The summed E-state index contributed by atoms with van der Waals surface area (Å²) in [5, 5.41) is 9.33. The maximum atomic E-state index is 9.33. The molecule has 0 atom stereocenters. The van der Waals surface area contributed by atoms with Crippen LogP contribution in [0, 0.1) is 22.7 Å². The van der Waals surface area contributed by atoms with Crippen molar-refractivity contribution in [1.82, 2.24) is 4.98 Å². The fourth-order valence-electron chi connectivity index (χ4n) is 3.09. The Morgan fingerprint density at radius 3 is 2.23 bits per heavy atom. The van der Waals surface area contributed by atoms with Gasteiger partial charge in [-0.3, -0.25) is 0 Å². The average molecular weight is 418 g/mol. The number of hydrogen-bond acceptors (Lipinski definition) is 5. The first kappa shape index (κ1) is 24.7. The predicted octanol–water partition coefficient (Wildman–Crippen LogP) is 4.61. The Balaban J connectivity index is 0.00000155. The van der Waals surface area contributed by atoms with Crippen LogP contribution in [-0.4, -0.2) is 48.2 Å². The molecule has 0 aromatic carbocycles. The van der Waals surface area contributed by atoms with Crippen molar-refractivity contribution in [3.8, 4) is 17.6 Å². The predicted molar refractivity (Wildman–Crippen MR) is 119 cm³/mol. The zero-order valence-electron chi connectivity index (χ0n) is 19.7. The lowest BCUT2D eigenvalue weighted by Crippen LogP contribution is -2.42. The van der Waals surface area contributed by atoms with E-state index in [-0.39, 0.29) is 23.0 Å². The second-order valence-electron chi connectivity index (χ2n) is 9.27. The van der Waals surface area contributed by atoms with E-state index >= 15 is 0 Å². The van der Waals surface area contributed by atoms with Crippen LogP contribution < -0.4 is 4.74 Å². The molecule has 0 unspecified atom stereocenters. The SMILES string of the molecule is CC.COC1CC(OCC(C)(C)C(C)(C)C#Cc2ccc(OC3CC(O)C3)cn2)C1. The molecule has 2 saturated carbocycles. The molecule has 0 spiro atoms. The lowest BCUT2D eigenvalue weighted by molar-refractivity contribution is -0.114. The molecule has 0 aliphatic heterocycles. The zero-order chi connectivity index (χ0) is 22.4. The number of rotatable bonds is 7. The molecule has 5 heteroatoms. The number of aliphatic hydroxyl groups is 1. The van der Waals surface area contributed by atoms with Gasteiger partial charge in [0.05, 0.1) is 31.1 Å². The van der Waals surface area contributed by atoms with Crippen LogP contribution in [0.4, 0.5) is 0 Å². The van der Waals surface area contributed by atoms with Crippen LogP contribution in [0.15, 0.2) is 18.3 Å². The van der Waals surface area contributed by atoms with E-state index in [1.54, 1.807) is 13.3 Å². The fraction of sp³-hybridized carbons (Fsp3) is 0.720. The smallest absolute Gasteiger partial charge is 0.138 e. The second kappa shape index (κ2) is 10.6. The highest BCUT2D eigenvalue weighted by atomic mass is 16.5. The standard InChI is InChI=1S/C23H33NO4.C2H6/c1-22(2,23(3,4)15-27-20-12-19(13-20)26-5)9-8-16-6-7-18(14-24-16)28-21-10-17(25)11-21;1-2/h6-7,14,17,19-21,25H,10-13,15H2,1-5H3;1-2H3. The summed E-state index contributed by atoms with van der Waals surface area (Å²) in [5.41, 5.74) is 0.412. The number of pyridine rings is 1. The Morgan fingerprint density at radius 1 is 1.03 bits per heavy atom. The van der Waals surface area contributed by atoms with Crippen molar-refractivity contribution in [2.45, 2.75) is 91.6 Å². The maximum Gasteiger partial charge on any atom is 0.138 e. The maximum absolute atomic E-state index is 9.33. The molecule has 0 amide bonds. The Bertz CT molecular complexity index is 705. The Labute approximate surface area is 182 Å². The summed E-state index contributed by atoms with van der Waals surface area (Å²) < 4.78 is 17.2. The van der Waals surface area contributed by atoms with E-state index in [4.69, 9.17) is 14.2 Å². The number of aliphatic hydroxyl groups excluding tert-OH is 1. The molecule has 2 fully saturated rings. The summed E-state index contributed by atoms with van der Waals surface area (Å²) >= 11 is 0. The molecule has 0 saturated heterocycles. The number of aromatic nitrogens is 1.